The zero-order valence-corrected chi connectivity index (χ0v) is 15.7. The van der Waals surface area contributed by atoms with Crippen LogP contribution in [0.2, 0.25) is 0 Å². The van der Waals surface area contributed by atoms with Crippen LogP contribution in [0.25, 0.3) is 0 Å². The van der Waals surface area contributed by atoms with Gasteiger partial charge in [0.2, 0.25) is 0 Å². The number of hydrazine groups is 1. The Morgan fingerprint density at radius 1 is 0.962 bits per heavy atom. The van der Waals surface area contributed by atoms with Gasteiger partial charge in [-0.1, -0.05) is 12.1 Å². The average molecular weight is 379 g/mol. The number of methoxy groups -OCH3 is 2. The van der Waals surface area contributed by atoms with Crippen molar-refractivity contribution >= 4 is 21.7 Å². The molecule has 0 aromatic heterocycles. The van der Waals surface area contributed by atoms with Gasteiger partial charge in [-0.25, -0.2) is 13.2 Å². The van der Waals surface area contributed by atoms with E-state index in [9.17, 15) is 13.2 Å². The monoisotopic (exact) mass is 379 g/mol. The van der Waals surface area contributed by atoms with Crippen LogP contribution in [0.1, 0.15) is 11.1 Å². The second-order valence-corrected chi connectivity index (χ2v) is 7.17. The molecule has 0 atom stereocenters. The topological polar surface area (TPSA) is 106 Å². The number of nitrogens with one attached hydrogen (secondary N) is 3. The number of ether oxygens (including phenoxy) is 2. The molecule has 0 heterocycles. The highest BCUT2D eigenvalue weighted by molar-refractivity contribution is 7.89. The van der Waals surface area contributed by atoms with Crippen molar-refractivity contribution in [2.75, 3.05) is 19.5 Å². The first-order valence-electron chi connectivity index (χ1n) is 7.65. The first-order valence-corrected chi connectivity index (χ1v) is 9.13. The first kappa shape index (κ1) is 19.5. The molecule has 0 radical (unpaired) electrons. The van der Waals surface area contributed by atoms with Crippen molar-refractivity contribution in [2.24, 2.45) is 0 Å². The number of anilines is 1. The van der Waals surface area contributed by atoms with Gasteiger partial charge in [0.15, 0.2) is 11.5 Å². The molecule has 2 rings (SSSR count). The number of amides is 2. The van der Waals surface area contributed by atoms with E-state index in [0.717, 1.165) is 5.56 Å². The maximum absolute atomic E-state index is 12.4. The molecule has 0 bridgehead atoms. The molecule has 0 spiro atoms. The van der Waals surface area contributed by atoms with E-state index in [2.05, 4.69) is 15.6 Å². The largest absolute Gasteiger partial charge is 0.493 e. The van der Waals surface area contributed by atoms with E-state index in [1.54, 1.807) is 38.1 Å². The molecule has 3 N–H and O–H groups in total. The van der Waals surface area contributed by atoms with Crippen LogP contribution < -0.4 is 25.0 Å². The predicted octanol–water partition coefficient (Wildman–Crippen LogP) is 2.34. The second-order valence-electron chi connectivity index (χ2n) is 5.52. The molecule has 0 unspecified atom stereocenters. The Hall–Kier alpha value is -2.78. The summed E-state index contributed by atoms with van der Waals surface area (Å²) < 4.78 is 35.0. The summed E-state index contributed by atoms with van der Waals surface area (Å²) in [5, 5.41) is 2.51. The molecule has 140 valence electrons. The van der Waals surface area contributed by atoms with Crippen molar-refractivity contribution in [3.8, 4) is 11.5 Å². The lowest BCUT2D eigenvalue weighted by Gasteiger charge is -2.13. The fourth-order valence-corrected chi connectivity index (χ4v) is 3.41. The van der Waals surface area contributed by atoms with Gasteiger partial charge < -0.3 is 14.8 Å². The predicted molar refractivity (Wildman–Crippen MR) is 97.9 cm³/mol. The van der Waals surface area contributed by atoms with Gasteiger partial charge in [-0.3, -0.25) is 5.43 Å². The third kappa shape index (κ3) is 4.64. The maximum atomic E-state index is 12.4. The smallest absolute Gasteiger partial charge is 0.334 e. The van der Waals surface area contributed by atoms with Crippen molar-refractivity contribution in [3.63, 3.8) is 0 Å². The Morgan fingerprint density at radius 2 is 1.65 bits per heavy atom. The van der Waals surface area contributed by atoms with Crippen molar-refractivity contribution < 1.29 is 22.7 Å². The molecule has 26 heavy (non-hydrogen) atoms. The average Bonchev–Trinajstić information content (AvgIpc) is 2.62. The molecule has 9 heteroatoms. The summed E-state index contributed by atoms with van der Waals surface area (Å²) in [5.74, 6) is 0.940. The summed E-state index contributed by atoms with van der Waals surface area (Å²) in [7, 11) is -0.919. The number of carbonyl (C=O) groups is 1. The maximum Gasteiger partial charge on any atom is 0.334 e. The summed E-state index contributed by atoms with van der Waals surface area (Å²) >= 11 is 0. The quantitative estimate of drug-likeness (QED) is 0.668. The van der Waals surface area contributed by atoms with Crippen LogP contribution in [-0.2, 0) is 10.0 Å². The minimum atomic E-state index is -3.89. The molecule has 0 aliphatic carbocycles. The van der Waals surface area contributed by atoms with Gasteiger partial charge in [-0.15, -0.1) is 4.83 Å². The molecule has 8 nitrogen and oxygen atoms in total. The second kappa shape index (κ2) is 8.07. The Balaban J connectivity index is 2.05. The third-order valence-electron chi connectivity index (χ3n) is 3.57. The molecule has 0 fully saturated rings. The van der Waals surface area contributed by atoms with E-state index in [-0.39, 0.29) is 4.90 Å². The molecular weight excluding hydrogens is 358 g/mol. The number of urea groups is 1. The standard InChI is InChI=1S/C17H21N3O5S/c1-11-5-6-12(2)16(9-11)26(22,23)20-19-17(21)18-13-7-8-14(24-3)15(10-13)25-4/h5-10,20H,1-4H3,(H2,18,19,21). The lowest BCUT2D eigenvalue weighted by atomic mass is 10.2. The Kier molecular flexibility index (Phi) is 6.06. The number of hydrogen-bond acceptors (Lipinski definition) is 5. The Morgan fingerprint density at radius 3 is 2.31 bits per heavy atom. The summed E-state index contributed by atoms with van der Waals surface area (Å²) in [4.78, 5) is 14.1. The fraction of sp³-hybridized carbons (Fsp3) is 0.235. The number of aryl methyl sites for hydroxylation is 2. The number of carbonyl (C=O) groups excluding carboxylic acids is 1. The van der Waals surface area contributed by atoms with Crippen molar-refractivity contribution in [3.05, 3.63) is 47.5 Å². The van der Waals surface area contributed by atoms with E-state index >= 15 is 0 Å². The van der Waals surface area contributed by atoms with Crippen molar-refractivity contribution in [2.45, 2.75) is 18.7 Å². The van der Waals surface area contributed by atoms with E-state index in [0.29, 0.717) is 22.7 Å². The number of rotatable bonds is 6. The lowest BCUT2D eigenvalue weighted by molar-refractivity contribution is 0.250. The van der Waals surface area contributed by atoms with Crippen LogP contribution in [0.4, 0.5) is 10.5 Å². The highest BCUT2D eigenvalue weighted by Gasteiger charge is 2.18. The van der Waals surface area contributed by atoms with E-state index < -0.39 is 16.1 Å². The lowest BCUT2D eigenvalue weighted by Crippen LogP contribution is -2.44. The summed E-state index contributed by atoms with van der Waals surface area (Å²) in [6, 6.07) is 9.07. The minimum absolute atomic E-state index is 0.101. The van der Waals surface area contributed by atoms with Gasteiger partial charge in [0.25, 0.3) is 10.0 Å². The van der Waals surface area contributed by atoms with Gasteiger partial charge >= 0.3 is 6.03 Å². The van der Waals surface area contributed by atoms with Gasteiger partial charge in [0.1, 0.15) is 0 Å². The van der Waals surface area contributed by atoms with Crippen LogP contribution in [0.15, 0.2) is 41.3 Å². The molecular formula is C17H21N3O5S. The van der Waals surface area contributed by atoms with Gasteiger partial charge in [-0.2, -0.15) is 0 Å². The SMILES string of the molecule is COc1ccc(NC(=O)NNS(=O)(=O)c2cc(C)ccc2C)cc1OC. The molecule has 0 aliphatic rings. The van der Waals surface area contributed by atoms with Crippen molar-refractivity contribution in [1.29, 1.82) is 0 Å². The Bertz CT molecular complexity index is 913. The third-order valence-corrected chi connectivity index (χ3v) is 4.96. The molecule has 2 aromatic carbocycles. The Labute approximate surface area is 152 Å². The van der Waals surface area contributed by atoms with Crippen molar-refractivity contribution in [1.82, 2.24) is 10.3 Å². The first-order chi connectivity index (χ1) is 12.3. The minimum Gasteiger partial charge on any atom is -0.493 e. The van der Waals surface area contributed by atoms with E-state index in [4.69, 9.17) is 9.47 Å². The summed E-state index contributed by atoms with van der Waals surface area (Å²) in [6.45, 7) is 3.47. The van der Waals surface area contributed by atoms with Gasteiger partial charge in [0.05, 0.1) is 19.1 Å². The van der Waals surface area contributed by atoms with Crippen LogP contribution in [0.5, 0.6) is 11.5 Å². The number of sulfonamides is 1. The van der Waals surface area contributed by atoms with Crippen LogP contribution in [-0.4, -0.2) is 28.7 Å². The number of benzene rings is 2. The number of hydrogen-bond donors (Lipinski definition) is 3. The van der Waals surface area contributed by atoms with Gasteiger partial charge in [0, 0.05) is 11.8 Å². The summed E-state index contributed by atoms with van der Waals surface area (Å²) in [5.41, 5.74) is 3.90. The van der Waals surface area contributed by atoms with E-state index in [1.165, 1.54) is 20.3 Å². The molecule has 2 amide bonds. The van der Waals surface area contributed by atoms with Gasteiger partial charge in [-0.05, 0) is 43.2 Å². The zero-order chi connectivity index (χ0) is 19.3. The van der Waals surface area contributed by atoms with Crippen LogP contribution >= 0.6 is 0 Å². The van der Waals surface area contributed by atoms with E-state index in [1.807, 2.05) is 6.07 Å². The normalized spacial score (nSPS) is 10.9. The van der Waals surface area contributed by atoms with Crippen LogP contribution in [0.3, 0.4) is 0 Å². The molecule has 0 saturated carbocycles. The highest BCUT2D eigenvalue weighted by Crippen LogP contribution is 2.29. The molecule has 2 aromatic rings. The van der Waals surface area contributed by atoms with Crippen LogP contribution in [0, 0.1) is 13.8 Å². The zero-order valence-electron chi connectivity index (χ0n) is 14.9. The summed E-state index contributed by atoms with van der Waals surface area (Å²) in [6.07, 6.45) is 0. The highest BCUT2D eigenvalue weighted by atomic mass is 32.2. The molecule has 0 saturated heterocycles. The molecule has 0 aliphatic heterocycles. The fourth-order valence-electron chi connectivity index (χ4n) is 2.24.